The van der Waals surface area contributed by atoms with Crippen molar-refractivity contribution < 1.29 is 22.7 Å². The Balaban J connectivity index is 1.65. The number of carbonyl (C=O) groups excluding carboxylic acids is 1. The fraction of sp³-hybridized carbons (Fsp3) is 0.929. The van der Waals surface area contributed by atoms with E-state index in [1.807, 2.05) is 0 Å². The molecule has 1 amide bonds. The Kier molecular flexibility index (Phi) is 3.68. The number of amides is 1. The standard InChI is InChI=1S/C14H21F3N2O2/c15-14(16,17)13(5-2-6-19-13)8-18-11(20)12-4-1-3-10(7-12)21-9-12/h10,19H,1-9H2,(H,18,20). The summed E-state index contributed by atoms with van der Waals surface area (Å²) in [6.07, 6.45) is -0.549. The number of hydrogen-bond donors (Lipinski definition) is 2. The average Bonchev–Trinajstić information content (AvgIpc) is 3.02. The van der Waals surface area contributed by atoms with Crippen LogP contribution in [0.4, 0.5) is 13.2 Å². The van der Waals surface area contributed by atoms with Gasteiger partial charge < -0.3 is 15.4 Å². The van der Waals surface area contributed by atoms with Crippen molar-refractivity contribution in [2.24, 2.45) is 5.41 Å². The van der Waals surface area contributed by atoms with Crippen LogP contribution in [0.15, 0.2) is 0 Å². The third kappa shape index (κ3) is 2.54. The van der Waals surface area contributed by atoms with Crippen LogP contribution in [0.5, 0.6) is 0 Å². The molecular formula is C14H21F3N2O2. The molecule has 0 aromatic carbocycles. The highest BCUT2D eigenvalue weighted by Gasteiger charge is 2.57. The number of halogens is 3. The van der Waals surface area contributed by atoms with Crippen LogP contribution in [0.3, 0.4) is 0 Å². The molecule has 0 radical (unpaired) electrons. The SMILES string of the molecule is O=C(NCC1(C(F)(F)F)CCCN1)C12CCCC(C1)OC2. The highest BCUT2D eigenvalue weighted by Crippen LogP contribution is 2.44. The van der Waals surface area contributed by atoms with Gasteiger partial charge in [-0.3, -0.25) is 4.79 Å². The minimum absolute atomic E-state index is 0.0168. The van der Waals surface area contributed by atoms with Crippen LogP contribution >= 0.6 is 0 Å². The Morgan fingerprint density at radius 3 is 2.81 bits per heavy atom. The van der Waals surface area contributed by atoms with Gasteiger partial charge in [0.1, 0.15) is 5.54 Å². The van der Waals surface area contributed by atoms with Gasteiger partial charge in [-0.05, 0) is 45.1 Å². The second-order valence-electron chi connectivity index (χ2n) is 6.60. The summed E-state index contributed by atoms with van der Waals surface area (Å²) in [5, 5.41) is 5.10. The first-order valence-electron chi connectivity index (χ1n) is 7.59. The van der Waals surface area contributed by atoms with Gasteiger partial charge in [0.15, 0.2) is 0 Å². The molecule has 3 fully saturated rings. The van der Waals surface area contributed by atoms with Gasteiger partial charge in [0.05, 0.1) is 18.1 Å². The van der Waals surface area contributed by atoms with Gasteiger partial charge in [-0.2, -0.15) is 13.2 Å². The number of ether oxygens (including phenoxy) is 1. The lowest BCUT2D eigenvalue weighted by Gasteiger charge is -2.35. The van der Waals surface area contributed by atoms with E-state index in [2.05, 4.69) is 10.6 Å². The van der Waals surface area contributed by atoms with Crippen molar-refractivity contribution in [3.63, 3.8) is 0 Å². The molecule has 1 saturated carbocycles. The van der Waals surface area contributed by atoms with Crippen LogP contribution in [0.1, 0.15) is 38.5 Å². The summed E-state index contributed by atoms with van der Waals surface area (Å²) in [5.41, 5.74) is -2.57. The molecule has 2 heterocycles. The highest BCUT2D eigenvalue weighted by atomic mass is 19.4. The van der Waals surface area contributed by atoms with E-state index in [4.69, 9.17) is 4.74 Å². The summed E-state index contributed by atoms with van der Waals surface area (Å²) in [4.78, 5) is 12.4. The van der Waals surface area contributed by atoms with Crippen molar-refractivity contribution in [2.45, 2.75) is 56.3 Å². The summed E-state index contributed by atoms with van der Waals surface area (Å²) in [6.45, 7) is 0.295. The first-order valence-corrected chi connectivity index (χ1v) is 7.59. The van der Waals surface area contributed by atoms with Gasteiger partial charge in [0.2, 0.25) is 5.91 Å². The smallest absolute Gasteiger partial charge is 0.377 e. The summed E-state index contributed by atoms with van der Waals surface area (Å²) in [5.74, 6) is -0.276. The third-order valence-corrected chi connectivity index (χ3v) is 5.21. The van der Waals surface area contributed by atoms with Gasteiger partial charge in [-0.1, -0.05) is 0 Å². The lowest BCUT2D eigenvalue weighted by atomic mass is 9.75. The molecule has 4 nitrogen and oxygen atoms in total. The van der Waals surface area contributed by atoms with Crippen molar-refractivity contribution in [3.8, 4) is 0 Å². The topological polar surface area (TPSA) is 50.4 Å². The molecule has 2 N–H and O–H groups in total. The van der Waals surface area contributed by atoms with E-state index in [1.165, 1.54) is 0 Å². The molecule has 0 spiro atoms. The largest absolute Gasteiger partial charge is 0.408 e. The molecule has 3 unspecified atom stereocenters. The van der Waals surface area contributed by atoms with Gasteiger partial charge in [0.25, 0.3) is 0 Å². The van der Waals surface area contributed by atoms with Crippen molar-refractivity contribution >= 4 is 5.91 Å². The van der Waals surface area contributed by atoms with Gasteiger partial charge >= 0.3 is 6.18 Å². The van der Waals surface area contributed by atoms with Crippen molar-refractivity contribution in [1.29, 1.82) is 0 Å². The predicted molar refractivity (Wildman–Crippen MR) is 69.7 cm³/mol. The minimum atomic E-state index is -4.35. The van der Waals surface area contributed by atoms with Gasteiger partial charge in [0, 0.05) is 6.54 Å². The molecular weight excluding hydrogens is 285 g/mol. The molecule has 21 heavy (non-hydrogen) atoms. The molecule has 3 atom stereocenters. The van der Waals surface area contributed by atoms with Gasteiger partial charge in [-0.25, -0.2) is 0 Å². The number of hydrogen-bond acceptors (Lipinski definition) is 3. The van der Waals surface area contributed by atoms with E-state index in [-0.39, 0.29) is 25.0 Å². The van der Waals surface area contributed by atoms with Crippen LogP contribution in [-0.2, 0) is 9.53 Å². The zero-order valence-electron chi connectivity index (χ0n) is 11.9. The molecule has 3 rings (SSSR count). The van der Waals surface area contributed by atoms with E-state index in [9.17, 15) is 18.0 Å². The average molecular weight is 306 g/mol. The molecule has 0 aromatic rings. The van der Waals surface area contributed by atoms with E-state index in [0.717, 1.165) is 12.8 Å². The van der Waals surface area contributed by atoms with E-state index in [1.54, 1.807) is 0 Å². The molecule has 1 aliphatic carbocycles. The van der Waals surface area contributed by atoms with E-state index < -0.39 is 17.1 Å². The fourth-order valence-electron chi connectivity index (χ4n) is 3.85. The maximum atomic E-state index is 13.3. The maximum Gasteiger partial charge on any atom is 0.408 e. The molecule has 7 heteroatoms. The Hall–Kier alpha value is -0.820. The summed E-state index contributed by atoms with van der Waals surface area (Å²) >= 11 is 0. The zero-order valence-corrected chi connectivity index (χ0v) is 11.9. The summed E-state index contributed by atoms with van der Waals surface area (Å²) in [6, 6.07) is 0. The lowest BCUT2D eigenvalue weighted by molar-refractivity contribution is -0.191. The van der Waals surface area contributed by atoms with E-state index in [0.29, 0.717) is 32.4 Å². The quantitative estimate of drug-likeness (QED) is 0.835. The van der Waals surface area contributed by atoms with Crippen LogP contribution in [0.25, 0.3) is 0 Å². The first kappa shape index (κ1) is 15.1. The molecule has 120 valence electrons. The van der Waals surface area contributed by atoms with Crippen LogP contribution in [-0.4, -0.2) is 43.4 Å². The molecule has 2 saturated heterocycles. The number of rotatable bonds is 3. The Morgan fingerprint density at radius 2 is 2.14 bits per heavy atom. The Morgan fingerprint density at radius 1 is 1.33 bits per heavy atom. The molecule has 2 aliphatic heterocycles. The van der Waals surface area contributed by atoms with Crippen molar-refractivity contribution in [3.05, 3.63) is 0 Å². The van der Waals surface area contributed by atoms with Gasteiger partial charge in [-0.15, -0.1) is 0 Å². The second-order valence-corrected chi connectivity index (χ2v) is 6.60. The third-order valence-electron chi connectivity index (χ3n) is 5.21. The molecule has 2 bridgehead atoms. The monoisotopic (exact) mass is 306 g/mol. The Bertz CT molecular complexity index is 417. The summed E-state index contributed by atoms with van der Waals surface area (Å²) < 4.78 is 45.3. The minimum Gasteiger partial charge on any atom is -0.377 e. The predicted octanol–water partition coefficient (Wildman–Crippen LogP) is 1.75. The lowest BCUT2D eigenvalue weighted by Crippen LogP contribution is -2.61. The van der Waals surface area contributed by atoms with Crippen molar-refractivity contribution in [2.75, 3.05) is 19.7 Å². The van der Waals surface area contributed by atoms with Crippen LogP contribution in [0.2, 0.25) is 0 Å². The number of nitrogens with one attached hydrogen (secondary N) is 2. The number of carbonyl (C=O) groups is 1. The molecule has 3 aliphatic rings. The maximum absolute atomic E-state index is 13.3. The summed E-state index contributed by atoms with van der Waals surface area (Å²) in [7, 11) is 0. The molecule has 0 aromatic heterocycles. The van der Waals surface area contributed by atoms with E-state index >= 15 is 0 Å². The fourth-order valence-corrected chi connectivity index (χ4v) is 3.85. The van der Waals surface area contributed by atoms with Crippen molar-refractivity contribution in [1.82, 2.24) is 10.6 Å². The van der Waals surface area contributed by atoms with Crippen LogP contribution in [0, 0.1) is 5.41 Å². The Labute approximate surface area is 121 Å². The highest BCUT2D eigenvalue weighted by molar-refractivity contribution is 5.83. The first-order chi connectivity index (χ1) is 9.87. The number of alkyl halides is 3. The zero-order chi connectivity index (χ0) is 15.1. The normalized spacial score (nSPS) is 39.5. The second kappa shape index (κ2) is 5.12. The number of fused-ring (bicyclic) bond motifs is 2. The van der Waals surface area contributed by atoms with Crippen LogP contribution < -0.4 is 10.6 Å².